The summed E-state index contributed by atoms with van der Waals surface area (Å²) < 4.78 is 48.8. The van der Waals surface area contributed by atoms with E-state index in [-0.39, 0.29) is 11.7 Å². The number of benzene rings is 2. The van der Waals surface area contributed by atoms with Crippen molar-refractivity contribution in [3.63, 3.8) is 0 Å². The van der Waals surface area contributed by atoms with Crippen molar-refractivity contribution in [3.05, 3.63) is 89.1 Å². The average molecular weight is 566 g/mol. The van der Waals surface area contributed by atoms with E-state index in [1.807, 2.05) is 0 Å². The Balaban J connectivity index is 1.28. The average Bonchev–Trinajstić information content (AvgIpc) is 3.61. The highest BCUT2D eigenvalue weighted by atomic mass is 19.4. The second-order valence-corrected chi connectivity index (χ2v) is 8.99. The minimum Gasteiger partial charge on any atom is -0.465 e. The summed E-state index contributed by atoms with van der Waals surface area (Å²) in [5, 5.41) is 10.6. The molecule has 0 radical (unpaired) electrons. The predicted molar refractivity (Wildman–Crippen MR) is 146 cm³/mol. The van der Waals surface area contributed by atoms with Gasteiger partial charge in [0, 0.05) is 40.6 Å². The van der Waals surface area contributed by atoms with Crippen LogP contribution in [0.1, 0.15) is 33.1 Å². The molecule has 0 fully saturated rings. The molecule has 210 valence electrons. The van der Waals surface area contributed by atoms with E-state index in [4.69, 9.17) is 4.74 Å². The molecule has 13 heteroatoms. The molecule has 0 atom stereocenters. The number of halogens is 3. The Morgan fingerprint density at radius 1 is 1.00 bits per heavy atom. The number of hydrogen-bond acceptors (Lipinski definition) is 6. The van der Waals surface area contributed by atoms with Crippen LogP contribution in [0.3, 0.4) is 0 Å². The fourth-order valence-electron chi connectivity index (χ4n) is 4.25. The minimum atomic E-state index is -4.76. The van der Waals surface area contributed by atoms with Gasteiger partial charge in [0.05, 0.1) is 29.6 Å². The second-order valence-electron chi connectivity index (χ2n) is 8.99. The highest BCUT2D eigenvalue weighted by Crippen LogP contribution is 2.38. The number of amides is 3. The number of rotatable bonds is 6. The summed E-state index contributed by atoms with van der Waals surface area (Å²) in [5.41, 5.74) is 3.54. The van der Waals surface area contributed by atoms with Crippen LogP contribution in [-0.2, 0) is 15.7 Å². The maximum Gasteiger partial charge on any atom is 0.451 e. The Bertz CT molecular complexity index is 1700. The van der Waals surface area contributed by atoms with Gasteiger partial charge in [0.2, 0.25) is 5.76 Å². The first-order chi connectivity index (χ1) is 19.5. The van der Waals surface area contributed by atoms with Crippen molar-refractivity contribution >= 4 is 58.0 Å². The second kappa shape index (κ2) is 10.6. The number of carbonyl (C=O) groups excluding carboxylic acids is 3. The quantitative estimate of drug-likeness (QED) is 0.132. The van der Waals surface area contributed by atoms with Crippen LogP contribution in [-0.4, -0.2) is 30.0 Å². The minimum absolute atomic E-state index is 0.00368. The Morgan fingerprint density at radius 3 is 2.51 bits per heavy atom. The number of methoxy groups -OCH3 is 1. The normalized spacial score (nSPS) is 13.5. The Morgan fingerprint density at radius 2 is 1.76 bits per heavy atom. The molecule has 4 aromatic rings. The molecule has 3 amide bonds. The van der Waals surface area contributed by atoms with Crippen LogP contribution < -0.4 is 21.3 Å². The van der Waals surface area contributed by atoms with Gasteiger partial charge in [-0.15, -0.1) is 0 Å². The molecule has 41 heavy (non-hydrogen) atoms. The molecule has 0 spiro atoms. The molecule has 5 rings (SSSR count). The summed E-state index contributed by atoms with van der Waals surface area (Å²) in [4.78, 5) is 39.6. The molecule has 3 heterocycles. The van der Waals surface area contributed by atoms with Crippen LogP contribution in [0.2, 0.25) is 0 Å². The molecule has 2 aromatic heterocycles. The van der Waals surface area contributed by atoms with Crippen LogP contribution in [0.5, 0.6) is 0 Å². The monoisotopic (exact) mass is 565 g/mol. The van der Waals surface area contributed by atoms with E-state index in [1.165, 1.54) is 20.2 Å². The fraction of sp³-hybridized carbons (Fsp3) is 0.107. The van der Waals surface area contributed by atoms with Crippen molar-refractivity contribution < 1.29 is 36.7 Å². The lowest BCUT2D eigenvalue weighted by Gasteiger charge is -2.12. The summed E-state index contributed by atoms with van der Waals surface area (Å²) in [5.74, 6) is -2.10. The van der Waals surface area contributed by atoms with E-state index in [1.54, 1.807) is 54.6 Å². The third kappa shape index (κ3) is 5.93. The fourth-order valence-corrected chi connectivity index (χ4v) is 4.25. The van der Waals surface area contributed by atoms with E-state index in [2.05, 4.69) is 30.7 Å². The number of furan rings is 1. The molecular weight excluding hydrogens is 543 g/mol. The molecule has 0 bridgehead atoms. The lowest BCUT2D eigenvalue weighted by atomic mass is 10.1. The number of nitrogens with one attached hydrogen (secondary N) is 5. The van der Waals surface area contributed by atoms with Gasteiger partial charge in [0.15, 0.2) is 0 Å². The first-order valence-corrected chi connectivity index (χ1v) is 12.1. The summed E-state index contributed by atoms with van der Waals surface area (Å²) in [6.45, 7) is 1.35. The molecule has 10 nitrogen and oxygen atoms in total. The summed E-state index contributed by atoms with van der Waals surface area (Å²) in [7, 11) is 1.28. The van der Waals surface area contributed by atoms with Gasteiger partial charge in [-0.05, 0) is 49.4 Å². The molecule has 1 aliphatic rings. The van der Waals surface area contributed by atoms with Crippen molar-refractivity contribution in [1.29, 1.82) is 0 Å². The maximum absolute atomic E-state index is 13.1. The van der Waals surface area contributed by atoms with E-state index in [0.29, 0.717) is 45.1 Å². The standard InChI is InChI=1S/C28H22F3N5O5/c1-14-8-23(24(41-14)28(29,30)31)36-27(39)34-17-5-3-4-16(10-17)33-18-6-7-20-21(25(37)35-22(20)12-18)11-19-9-15(13-32-19)26(38)40-2/h3-13,32-33H,1-2H3,(H,35,37)(H2,34,36,39)/b21-11+. The number of anilines is 5. The van der Waals surface area contributed by atoms with Gasteiger partial charge in [-0.1, -0.05) is 12.1 Å². The number of H-pyrrole nitrogens is 1. The zero-order valence-corrected chi connectivity index (χ0v) is 21.5. The van der Waals surface area contributed by atoms with Crippen molar-refractivity contribution in [1.82, 2.24) is 4.98 Å². The molecule has 1 aliphatic heterocycles. The van der Waals surface area contributed by atoms with Gasteiger partial charge < -0.3 is 35.4 Å². The third-order valence-electron chi connectivity index (χ3n) is 6.00. The van der Waals surface area contributed by atoms with Crippen LogP contribution in [0.25, 0.3) is 11.6 Å². The third-order valence-corrected chi connectivity index (χ3v) is 6.00. The Labute approximate surface area is 230 Å². The highest BCUT2D eigenvalue weighted by Gasteiger charge is 2.38. The SMILES string of the molecule is COC(=O)c1c[nH]c(/C=C2/C(=O)Nc3cc(Nc4cccc(NC(=O)Nc5cc(C)oc5C(F)(F)F)c4)ccc32)c1. The lowest BCUT2D eigenvalue weighted by molar-refractivity contribution is -0.152. The number of aryl methyl sites for hydroxylation is 1. The molecule has 2 aromatic carbocycles. The van der Waals surface area contributed by atoms with Crippen LogP contribution in [0.4, 0.5) is 46.4 Å². The molecule has 0 aliphatic carbocycles. The van der Waals surface area contributed by atoms with Crippen molar-refractivity contribution in [3.8, 4) is 0 Å². The van der Waals surface area contributed by atoms with Crippen molar-refractivity contribution in [2.75, 3.05) is 28.4 Å². The van der Waals surface area contributed by atoms with Gasteiger partial charge >= 0.3 is 18.2 Å². The molecular formula is C28H22F3N5O5. The number of aromatic amines is 1. The summed E-state index contributed by atoms with van der Waals surface area (Å²) >= 11 is 0. The first-order valence-electron chi connectivity index (χ1n) is 12.1. The summed E-state index contributed by atoms with van der Waals surface area (Å²) in [6.07, 6.45) is -1.64. The van der Waals surface area contributed by atoms with Gasteiger partial charge in [0.25, 0.3) is 5.91 Å². The van der Waals surface area contributed by atoms with E-state index in [9.17, 15) is 27.6 Å². The largest absolute Gasteiger partial charge is 0.465 e. The zero-order chi connectivity index (χ0) is 29.3. The smallest absolute Gasteiger partial charge is 0.451 e. The summed E-state index contributed by atoms with van der Waals surface area (Å²) in [6, 6.07) is 13.6. The predicted octanol–water partition coefficient (Wildman–Crippen LogP) is 6.60. The van der Waals surface area contributed by atoms with E-state index in [0.717, 1.165) is 6.07 Å². The number of alkyl halides is 3. The topological polar surface area (TPSA) is 137 Å². The van der Waals surface area contributed by atoms with E-state index >= 15 is 0 Å². The van der Waals surface area contributed by atoms with Crippen LogP contribution >= 0.6 is 0 Å². The van der Waals surface area contributed by atoms with Gasteiger partial charge in [0.1, 0.15) is 5.76 Å². The number of ether oxygens (including phenoxy) is 1. The van der Waals surface area contributed by atoms with Gasteiger partial charge in [-0.2, -0.15) is 13.2 Å². The Kier molecular flexibility index (Phi) is 7.01. The number of fused-ring (bicyclic) bond motifs is 1. The highest BCUT2D eigenvalue weighted by molar-refractivity contribution is 6.35. The number of aromatic nitrogens is 1. The van der Waals surface area contributed by atoms with Crippen LogP contribution in [0, 0.1) is 6.92 Å². The number of urea groups is 1. The van der Waals surface area contributed by atoms with Crippen LogP contribution in [0.15, 0.2) is 65.2 Å². The van der Waals surface area contributed by atoms with Gasteiger partial charge in [-0.3, -0.25) is 4.79 Å². The van der Waals surface area contributed by atoms with Crippen molar-refractivity contribution in [2.24, 2.45) is 0 Å². The molecule has 0 saturated heterocycles. The first kappa shape index (κ1) is 27.1. The van der Waals surface area contributed by atoms with Gasteiger partial charge in [-0.25, -0.2) is 9.59 Å². The number of carbonyl (C=O) groups is 3. The maximum atomic E-state index is 13.1. The number of hydrogen-bond donors (Lipinski definition) is 5. The van der Waals surface area contributed by atoms with Crippen molar-refractivity contribution in [2.45, 2.75) is 13.1 Å². The molecule has 0 unspecified atom stereocenters. The molecule has 5 N–H and O–H groups in total. The Hall–Kier alpha value is -5.46. The van der Waals surface area contributed by atoms with E-state index < -0.39 is 29.6 Å². The molecule has 0 saturated carbocycles. The number of esters is 1. The zero-order valence-electron chi connectivity index (χ0n) is 21.5. The lowest BCUT2D eigenvalue weighted by Crippen LogP contribution is -2.21.